The van der Waals surface area contributed by atoms with Gasteiger partial charge in [-0.2, -0.15) is 0 Å². The van der Waals surface area contributed by atoms with E-state index in [0.29, 0.717) is 86.5 Å². The summed E-state index contributed by atoms with van der Waals surface area (Å²) in [6.07, 6.45) is 0.855. The molecule has 0 aliphatic carbocycles. The fraction of sp³-hybridized carbons (Fsp3) is 0.222. The highest BCUT2D eigenvalue weighted by molar-refractivity contribution is 6.13. The van der Waals surface area contributed by atoms with E-state index in [4.69, 9.17) is 14.4 Å². The maximum atomic E-state index is 15.1. The van der Waals surface area contributed by atoms with Gasteiger partial charge in [-0.05, 0) is 55.5 Å². The number of likely N-dealkylation sites (tertiary alicyclic amines) is 1. The minimum atomic E-state index is -0.846. The Morgan fingerprint density at radius 3 is 2.60 bits per heavy atom. The van der Waals surface area contributed by atoms with Crippen molar-refractivity contribution in [3.63, 3.8) is 0 Å². The molecule has 0 radical (unpaired) electrons. The Labute approximate surface area is 268 Å². The van der Waals surface area contributed by atoms with Crippen LogP contribution in [0.1, 0.15) is 21.9 Å². The number of carbonyl (C=O) groups is 1. The zero-order valence-electron chi connectivity index (χ0n) is 26.3. The number of pyridine rings is 2. The van der Waals surface area contributed by atoms with Crippen LogP contribution in [0.4, 0.5) is 14.5 Å². The lowest BCUT2D eigenvalue weighted by atomic mass is 10.0. The van der Waals surface area contributed by atoms with Crippen LogP contribution in [-0.2, 0) is 6.54 Å². The monoisotopic (exact) mass is 631 g/mol. The van der Waals surface area contributed by atoms with Crippen molar-refractivity contribution >= 4 is 50.0 Å². The summed E-state index contributed by atoms with van der Waals surface area (Å²) < 4.78 is 37.1. The van der Waals surface area contributed by atoms with Crippen LogP contribution < -0.4 is 10.2 Å². The molecule has 1 amide bonds. The van der Waals surface area contributed by atoms with Crippen LogP contribution in [0.2, 0.25) is 0 Å². The van der Waals surface area contributed by atoms with Crippen molar-refractivity contribution in [3.05, 3.63) is 89.8 Å². The molecule has 236 valence electrons. The molecule has 11 heteroatoms. The van der Waals surface area contributed by atoms with Gasteiger partial charge in [-0.1, -0.05) is 6.07 Å². The van der Waals surface area contributed by atoms with Gasteiger partial charge in [0.05, 0.1) is 34.4 Å². The van der Waals surface area contributed by atoms with Crippen LogP contribution in [0.3, 0.4) is 0 Å². The predicted molar refractivity (Wildman–Crippen MR) is 179 cm³/mol. The van der Waals surface area contributed by atoms with Gasteiger partial charge in [0, 0.05) is 79.8 Å². The standard InChI is InChI=1S/C36H31F2N7O2/c1-19-8-9-20(15-40-19)35-33(36(46)39-2)24-12-23(29(43(3)4)14-31(24)47-35)26-10-11-27-34(42-26)30-13-22-25(38)6-5-7-28(22)45(30)32(41-27)18-44-16-21(37)17-44/h5-15,21H,16-18H2,1-4H3,(H,39,46). The van der Waals surface area contributed by atoms with E-state index in [1.54, 1.807) is 25.4 Å². The number of rotatable bonds is 6. The molecule has 0 spiro atoms. The Hall–Kier alpha value is -5.42. The molecule has 1 fully saturated rings. The number of nitrogens with zero attached hydrogens (tertiary/aromatic N) is 6. The van der Waals surface area contributed by atoms with Crippen molar-refractivity contribution in [1.82, 2.24) is 29.6 Å². The summed E-state index contributed by atoms with van der Waals surface area (Å²) in [5.74, 6) is 0.505. The average Bonchev–Trinajstić information content (AvgIpc) is 3.63. The maximum Gasteiger partial charge on any atom is 0.255 e. The molecule has 6 heterocycles. The Morgan fingerprint density at radius 1 is 1.04 bits per heavy atom. The molecule has 0 unspecified atom stereocenters. The normalized spacial score (nSPS) is 14.0. The lowest BCUT2D eigenvalue weighted by Crippen LogP contribution is -2.47. The molecular weight excluding hydrogens is 600 g/mol. The van der Waals surface area contributed by atoms with Crippen molar-refractivity contribution < 1.29 is 18.0 Å². The van der Waals surface area contributed by atoms with Crippen LogP contribution in [0.5, 0.6) is 0 Å². The fourth-order valence-electron chi connectivity index (χ4n) is 6.52. The number of furan rings is 1. The van der Waals surface area contributed by atoms with Crippen molar-refractivity contribution in [1.29, 1.82) is 0 Å². The third-order valence-corrected chi connectivity index (χ3v) is 8.89. The Bertz CT molecular complexity index is 2370. The number of benzene rings is 2. The number of halogens is 2. The molecule has 8 rings (SSSR count). The quantitative estimate of drug-likeness (QED) is 0.223. The van der Waals surface area contributed by atoms with Gasteiger partial charge in [0.2, 0.25) is 0 Å². The molecule has 5 aromatic heterocycles. The second-order valence-corrected chi connectivity index (χ2v) is 12.3. The van der Waals surface area contributed by atoms with E-state index in [1.807, 2.05) is 77.7 Å². The molecule has 1 N–H and O–H groups in total. The van der Waals surface area contributed by atoms with Gasteiger partial charge >= 0.3 is 0 Å². The minimum absolute atomic E-state index is 0.282. The number of carbonyl (C=O) groups excluding carboxylic acids is 1. The molecule has 2 aromatic carbocycles. The molecule has 0 atom stereocenters. The van der Waals surface area contributed by atoms with E-state index in [-0.39, 0.29) is 11.7 Å². The summed E-state index contributed by atoms with van der Waals surface area (Å²) in [4.78, 5) is 31.8. The third kappa shape index (κ3) is 4.68. The van der Waals surface area contributed by atoms with Gasteiger partial charge < -0.3 is 14.6 Å². The number of amides is 1. The van der Waals surface area contributed by atoms with E-state index in [9.17, 15) is 9.18 Å². The van der Waals surface area contributed by atoms with Crippen LogP contribution >= 0.6 is 0 Å². The summed E-state index contributed by atoms with van der Waals surface area (Å²) in [5, 5.41) is 3.86. The third-order valence-electron chi connectivity index (χ3n) is 8.89. The minimum Gasteiger partial charge on any atom is -0.455 e. The number of hydrogen-bond acceptors (Lipinski definition) is 7. The second kappa shape index (κ2) is 10.8. The van der Waals surface area contributed by atoms with E-state index >= 15 is 4.39 Å². The van der Waals surface area contributed by atoms with Gasteiger partial charge in [0.1, 0.15) is 34.7 Å². The predicted octanol–water partition coefficient (Wildman–Crippen LogP) is 6.54. The molecule has 1 aliphatic heterocycles. The Balaban J connectivity index is 1.36. The number of hydrogen-bond donors (Lipinski definition) is 1. The van der Waals surface area contributed by atoms with Crippen LogP contribution in [0.25, 0.3) is 61.0 Å². The van der Waals surface area contributed by atoms with E-state index in [0.717, 1.165) is 16.9 Å². The van der Waals surface area contributed by atoms with Gasteiger partial charge in [-0.3, -0.25) is 19.1 Å². The van der Waals surface area contributed by atoms with E-state index in [1.165, 1.54) is 6.07 Å². The highest BCUT2D eigenvalue weighted by atomic mass is 19.1. The highest BCUT2D eigenvalue weighted by Gasteiger charge is 2.28. The van der Waals surface area contributed by atoms with E-state index in [2.05, 4.69) is 10.3 Å². The lowest BCUT2D eigenvalue weighted by molar-refractivity contribution is 0.0567. The summed E-state index contributed by atoms with van der Waals surface area (Å²) >= 11 is 0. The Kier molecular flexibility index (Phi) is 6.69. The topological polar surface area (TPSA) is 91.8 Å². The first-order chi connectivity index (χ1) is 22.7. The van der Waals surface area contributed by atoms with Crippen molar-refractivity contribution in [2.45, 2.75) is 19.6 Å². The van der Waals surface area contributed by atoms with E-state index < -0.39 is 6.17 Å². The molecule has 0 saturated carbocycles. The molecule has 0 bridgehead atoms. The summed E-state index contributed by atoms with van der Waals surface area (Å²) in [7, 11) is 5.46. The number of aryl methyl sites for hydroxylation is 1. The number of nitrogens with one attached hydrogen (secondary N) is 1. The number of anilines is 1. The van der Waals surface area contributed by atoms with Crippen molar-refractivity contribution in [3.8, 4) is 22.6 Å². The number of fused-ring (bicyclic) bond motifs is 6. The van der Waals surface area contributed by atoms with Crippen LogP contribution in [-0.4, -0.2) is 70.6 Å². The number of alkyl halides is 1. The molecule has 1 aliphatic rings. The SMILES string of the molecule is CNC(=O)c1c(-c2ccc(C)nc2)oc2cc(N(C)C)c(-c3ccc4nc(CN5CC(F)C5)n5c6cccc(F)c6cc5c4n3)cc12. The second-order valence-electron chi connectivity index (χ2n) is 12.3. The molecule has 1 saturated heterocycles. The summed E-state index contributed by atoms with van der Waals surface area (Å²) in [5.41, 5.74) is 7.40. The smallest absolute Gasteiger partial charge is 0.255 e. The molecule has 7 aromatic rings. The largest absolute Gasteiger partial charge is 0.455 e. The first-order valence-corrected chi connectivity index (χ1v) is 15.4. The first kappa shape index (κ1) is 29.0. The summed E-state index contributed by atoms with van der Waals surface area (Å²) in [6, 6.07) is 18.2. The number of aromatic nitrogens is 4. The lowest BCUT2D eigenvalue weighted by Gasteiger charge is -2.34. The molecular formula is C36H31F2N7O2. The zero-order chi connectivity index (χ0) is 32.6. The highest BCUT2D eigenvalue weighted by Crippen LogP contribution is 2.41. The first-order valence-electron chi connectivity index (χ1n) is 15.4. The van der Waals surface area contributed by atoms with Gasteiger partial charge in [0.15, 0.2) is 0 Å². The summed E-state index contributed by atoms with van der Waals surface area (Å²) in [6.45, 7) is 3.02. The molecule has 47 heavy (non-hydrogen) atoms. The van der Waals surface area contributed by atoms with Gasteiger partial charge in [-0.15, -0.1) is 0 Å². The van der Waals surface area contributed by atoms with Gasteiger partial charge in [-0.25, -0.2) is 18.7 Å². The van der Waals surface area contributed by atoms with Gasteiger partial charge in [0.25, 0.3) is 5.91 Å². The Morgan fingerprint density at radius 2 is 1.87 bits per heavy atom. The fourth-order valence-corrected chi connectivity index (χ4v) is 6.52. The zero-order valence-corrected chi connectivity index (χ0v) is 26.3. The van der Waals surface area contributed by atoms with Crippen molar-refractivity contribution in [2.24, 2.45) is 0 Å². The average molecular weight is 632 g/mol. The van der Waals surface area contributed by atoms with Crippen molar-refractivity contribution in [2.75, 3.05) is 39.1 Å². The molecule has 9 nitrogen and oxygen atoms in total. The maximum absolute atomic E-state index is 15.1. The van der Waals surface area contributed by atoms with Crippen LogP contribution in [0.15, 0.2) is 71.3 Å². The van der Waals surface area contributed by atoms with Crippen LogP contribution in [0, 0.1) is 12.7 Å².